The minimum Gasteiger partial charge on any atom is -0.363 e. The highest BCUT2D eigenvalue weighted by molar-refractivity contribution is 7.90. The van der Waals surface area contributed by atoms with Gasteiger partial charge >= 0.3 is 0 Å². The van der Waals surface area contributed by atoms with Gasteiger partial charge in [-0.05, 0) is 37.8 Å². The normalized spacial score (nSPS) is 20.6. The van der Waals surface area contributed by atoms with E-state index in [9.17, 15) is 8.42 Å². The second-order valence-corrected chi connectivity index (χ2v) is 9.94. The average molecular weight is 427 g/mol. The van der Waals surface area contributed by atoms with Crippen molar-refractivity contribution in [1.82, 2.24) is 14.9 Å². The van der Waals surface area contributed by atoms with E-state index in [0.717, 1.165) is 43.1 Å². The van der Waals surface area contributed by atoms with Crippen LogP contribution < -0.4 is 9.80 Å². The van der Waals surface area contributed by atoms with Crippen LogP contribution in [-0.4, -0.2) is 68.4 Å². The van der Waals surface area contributed by atoms with Crippen molar-refractivity contribution in [1.29, 1.82) is 0 Å². The molecule has 5 rings (SSSR count). The Labute approximate surface area is 177 Å². The maximum Gasteiger partial charge on any atom is 0.285 e. The molecule has 1 aromatic carbocycles. The van der Waals surface area contributed by atoms with Crippen molar-refractivity contribution in [2.45, 2.75) is 42.7 Å². The van der Waals surface area contributed by atoms with Gasteiger partial charge in [0.25, 0.3) is 10.0 Å². The van der Waals surface area contributed by atoms with Gasteiger partial charge in [0, 0.05) is 50.9 Å². The van der Waals surface area contributed by atoms with Crippen LogP contribution in [0, 0.1) is 0 Å². The van der Waals surface area contributed by atoms with Gasteiger partial charge < -0.3 is 14.7 Å². The second-order valence-electron chi connectivity index (χ2n) is 8.37. The van der Waals surface area contributed by atoms with Gasteiger partial charge in [-0.15, -0.1) is 4.40 Å². The fourth-order valence-electron chi connectivity index (χ4n) is 4.42. The Morgan fingerprint density at radius 3 is 2.33 bits per heavy atom. The average Bonchev–Trinajstić information content (AvgIpc) is 3.54. The molecule has 0 N–H and O–H groups in total. The van der Waals surface area contributed by atoms with Crippen LogP contribution in [0.2, 0.25) is 0 Å². The number of likely N-dealkylation sites (tertiary alicyclic amines) is 1. The third kappa shape index (κ3) is 3.40. The molecule has 158 valence electrons. The lowest BCUT2D eigenvalue weighted by Crippen LogP contribution is -2.48. The first kappa shape index (κ1) is 19.3. The number of piperidine rings is 1. The molecule has 3 heterocycles. The van der Waals surface area contributed by atoms with Crippen LogP contribution in [0.25, 0.3) is 0 Å². The van der Waals surface area contributed by atoms with Crippen molar-refractivity contribution in [3.05, 3.63) is 42.2 Å². The Kier molecular flexibility index (Phi) is 4.65. The van der Waals surface area contributed by atoms with Crippen molar-refractivity contribution in [2.24, 2.45) is 4.40 Å². The number of sulfonamides is 1. The zero-order chi connectivity index (χ0) is 20.9. The predicted molar refractivity (Wildman–Crippen MR) is 117 cm³/mol. The van der Waals surface area contributed by atoms with Gasteiger partial charge in [-0.1, -0.05) is 12.1 Å². The van der Waals surface area contributed by atoms with Crippen LogP contribution >= 0.6 is 0 Å². The van der Waals surface area contributed by atoms with Crippen LogP contribution in [0.4, 0.5) is 11.6 Å². The molecular formula is C21H26N6O2S. The molecule has 1 aliphatic carbocycles. The van der Waals surface area contributed by atoms with Gasteiger partial charge in [0.2, 0.25) is 0 Å². The maximum absolute atomic E-state index is 12.4. The Morgan fingerprint density at radius 2 is 1.63 bits per heavy atom. The number of rotatable bonds is 4. The minimum atomic E-state index is -3.58. The zero-order valence-corrected chi connectivity index (χ0v) is 18.1. The van der Waals surface area contributed by atoms with Crippen LogP contribution in [0.5, 0.6) is 0 Å². The van der Waals surface area contributed by atoms with Crippen LogP contribution in [0.3, 0.4) is 0 Å². The summed E-state index contributed by atoms with van der Waals surface area (Å²) >= 11 is 0. The fourth-order valence-corrected chi connectivity index (χ4v) is 5.65. The lowest BCUT2D eigenvalue weighted by molar-refractivity contribution is 0.302. The number of aromatic nitrogens is 2. The van der Waals surface area contributed by atoms with E-state index in [4.69, 9.17) is 0 Å². The number of hydrogen-bond acceptors (Lipinski definition) is 7. The Bertz CT molecular complexity index is 1090. The second kappa shape index (κ2) is 7.23. The molecule has 30 heavy (non-hydrogen) atoms. The Hall–Kier alpha value is -2.68. The Morgan fingerprint density at radius 1 is 0.967 bits per heavy atom. The monoisotopic (exact) mass is 426 g/mol. The van der Waals surface area contributed by atoms with Gasteiger partial charge in [0.1, 0.15) is 22.9 Å². The van der Waals surface area contributed by atoms with Crippen LogP contribution in [0.15, 0.2) is 46.0 Å². The van der Waals surface area contributed by atoms with E-state index in [1.54, 1.807) is 18.5 Å². The highest BCUT2D eigenvalue weighted by Crippen LogP contribution is 2.37. The van der Waals surface area contributed by atoms with Crippen molar-refractivity contribution in [2.75, 3.05) is 37.0 Å². The highest BCUT2D eigenvalue weighted by Gasteiger charge is 2.38. The number of benzene rings is 1. The summed E-state index contributed by atoms with van der Waals surface area (Å²) in [6.07, 6.45) is 5.92. The molecule has 0 radical (unpaired) electrons. The van der Waals surface area contributed by atoms with Gasteiger partial charge in [-0.2, -0.15) is 8.42 Å². The lowest BCUT2D eigenvalue weighted by atomic mass is 10.0. The zero-order valence-electron chi connectivity index (χ0n) is 17.3. The number of hydrogen-bond donors (Lipinski definition) is 0. The molecule has 1 saturated heterocycles. The molecule has 0 atom stereocenters. The molecule has 1 aromatic heterocycles. The summed E-state index contributed by atoms with van der Waals surface area (Å²) in [5, 5.41) is 0. The van der Waals surface area contributed by atoms with E-state index >= 15 is 0 Å². The lowest BCUT2D eigenvalue weighted by Gasteiger charge is -2.40. The highest BCUT2D eigenvalue weighted by atomic mass is 32.2. The van der Waals surface area contributed by atoms with Gasteiger partial charge in [0.05, 0.1) is 0 Å². The van der Waals surface area contributed by atoms with E-state index in [-0.39, 0.29) is 0 Å². The van der Waals surface area contributed by atoms with Gasteiger partial charge in [-0.25, -0.2) is 9.97 Å². The van der Waals surface area contributed by atoms with Crippen LogP contribution in [0.1, 0.15) is 31.2 Å². The molecule has 0 unspecified atom stereocenters. The number of nitrogens with zero attached hydrogens (tertiary/aromatic N) is 6. The minimum absolute atomic E-state index is 0.318. The smallest absolute Gasteiger partial charge is 0.285 e. The molecular weight excluding hydrogens is 400 g/mol. The van der Waals surface area contributed by atoms with Crippen molar-refractivity contribution < 1.29 is 8.42 Å². The summed E-state index contributed by atoms with van der Waals surface area (Å²) in [6.45, 7) is 1.56. The summed E-state index contributed by atoms with van der Waals surface area (Å²) in [5.74, 6) is 2.49. The summed E-state index contributed by atoms with van der Waals surface area (Å²) in [5.41, 5.74) is 0.724. The summed E-state index contributed by atoms with van der Waals surface area (Å²) in [7, 11) is 0.394. The summed E-state index contributed by atoms with van der Waals surface area (Å²) < 4.78 is 28.9. The first-order valence-electron chi connectivity index (χ1n) is 10.4. The van der Waals surface area contributed by atoms with Crippen molar-refractivity contribution >= 4 is 27.5 Å². The molecule has 2 aromatic rings. The molecule has 8 nitrogen and oxygen atoms in total. The van der Waals surface area contributed by atoms with Gasteiger partial charge in [0.15, 0.2) is 5.84 Å². The quantitative estimate of drug-likeness (QED) is 0.741. The standard InChI is InChI=1S/C21H26N6O2S/c1-25(2)19-13-20(23-14-22-19)27(15-7-8-15)16-9-11-26(12-10-16)21-17-5-3-4-6-18(17)30(28,29)24-21/h3-6,13-16H,7-12H2,1-2H3. The number of anilines is 2. The van der Waals surface area contributed by atoms with E-state index in [0.29, 0.717) is 22.8 Å². The van der Waals surface area contributed by atoms with Crippen molar-refractivity contribution in [3.8, 4) is 0 Å². The summed E-state index contributed by atoms with van der Waals surface area (Å²) in [6, 6.07) is 10.1. The largest absolute Gasteiger partial charge is 0.363 e. The first-order valence-corrected chi connectivity index (χ1v) is 11.8. The fraction of sp³-hybridized carbons (Fsp3) is 0.476. The molecule has 1 saturated carbocycles. The Balaban J connectivity index is 1.35. The summed E-state index contributed by atoms with van der Waals surface area (Å²) in [4.78, 5) is 15.8. The third-order valence-corrected chi connectivity index (χ3v) is 7.40. The first-order chi connectivity index (χ1) is 14.4. The topological polar surface area (TPSA) is 82.0 Å². The predicted octanol–water partition coefficient (Wildman–Crippen LogP) is 2.12. The molecule has 3 aliphatic rings. The molecule has 0 spiro atoms. The number of amidine groups is 1. The van der Waals surface area contributed by atoms with E-state index in [1.165, 1.54) is 12.8 Å². The molecule has 0 bridgehead atoms. The van der Waals surface area contributed by atoms with E-state index < -0.39 is 10.0 Å². The molecule has 2 fully saturated rings. The van der Waals surface area contributed by atoms with Crippen molar-refractivity contribution in [3.63, 3.8) is 0 Å². The van der Waals surface area contributed by atoms with E-state index in [1.807, 2.05) is 31.1 Å². The molecule has 9 heteroatoms. The van der Waals surface area contributed by atoms with Gasteiger partial charge in [-0.3, -0.25) is 0 Å². The third-order valence-electron chi connectivity index (χ3n) is 6.07. The SMILES string of the molecule is CN(C)c1cc(N(C2CC2)C2CCN(C3=NS(=O)(=O)c4ccccc43)CC2)ncn1. The molecule has 0 amide bonds. The number of fused-ring (bicyclic) bond motifs is 1. The van der Waals surface area contributed by atoms with Crippen LogP contribution in [-0.2, 0) is 10.0 Å². The molecule has 2 aliphatic heterocycles. The maximum atomic E-state index is 12.4. The van der Waals surface area contributed by atoms with E-state index in [2.05, 4.69) is 30.2 Å².